The van der Waals surface area contributed by atoms with Gasteiger partial charge in [-0.1, -0.05) is 19.8 Å². The molecule has 1 amide bonds. The van der Waals surface area contributed by atoms with Crippen LogP contribution in [-0.2, 0) is 4.79 Å². The molecule has 6 heteroatoms. The van der Waals surface area contributed by atoms with E-state index in [-0.39, 0.29) is 18.6 Å². The number of hydrogen-bond donors (Lipinski definition) is 1. The normalized spacial score (nSPS) is 20.1. The zero-order chi connectivity index (χ0) is 17.5. The van der Waals surface area contributed by atoms with Gasteiger partial charge in [0, 0.05) is 12.1 Å². The van der Waals surface area contributed by atoms with E-state index in [0.717, 1.165) is 19.3 Å². The SMILES string of the molecule is CCOc1cc(C#N)cc(Br)c1OCC(=O)N[C@@H]1CCCC[C@H]1C. The molecule has 1 aliphatic carbocycles. The molecule has 0 heterocycles. The van der Waals surface area contributed by atoms with E-state index < -0.39 is 0 Å². The zero-order valence-corrected chi connectivity index (χ0v) is 15.7. The Labute approximate surface area is 151 Å². The number of ether oxygens (including phenoxy) is 2. The van der Waals surface area contributed by atoms with Crippen LogP contribution in [0.4, 0.5) is 0 Å². The molecule has 1 saturated carbocycles. The van der Waals surface area contributed by atoms with Gasteiger partial charge in [0.15, 0.2) is 18.1 Å². The Hall–Kier alpha value is -1.74. The topological polar surface area (TPSA) is 71.3 Å². The van der Waals surface area contributed by atoms with Gasteiger partial charge in [-0.15, -0.1) is 0 Å². The number of nitrogens with one attached hydrogen (secondary N) is 1. The summed E-state index contributed by atoms with van der Waals surface area (Å²) in [6.07, 6.45) is 4.57. The Balaban J connectivity index is 2.00. The minimum Gasteiger partial charge on any atom is -0.490 e. The molecular formula is C18H23BrN2O3. The van der Waals surface area contributed by atoms with E-state index in [0.29, 0.717) is 34.1 Å². The molecule has 2 rings (SSSR count). The average Bonchev–Trinajstić information content (AvgIpc) is 2.56. The van der Waals surface area contributed by atoms with E-state index in [9.17, 15) is 4.79 Å². The molecule has 1 fully saturated rings. The van der Waals surface area contributed by atoms with E-state index in [4.69, 9.17) is 14.7 Å². The first kappa shape index (κ1) is 18.6. The Kier molecular flexibility index (Phi) is 6.92. The number of amides is 1. The number of nitriles is 1. The van der Waals surface area contributed by atoms with Crippen molar-refractivity contribution in [2.45, 2.75) is 45.6 Å². The monoisotopic (exact) mass is 394 g/mol. The van der Waals surface area contributed by atoms with E-state index >= 15 is 0 Å². The maximum absolute atomic E-state index is 12.2. The van der Waals surface area contributed by atoms with Gasteiger partial charge in [0.05, 0.1) is 22.7 Å². The van der Waals surface area contributed by atoms with E-state index in [1.165, 1.54) is 6.42 Å². The van der Waals surface area contributed by atoms with Crippen molar-refractivity contribution in [3.63, 3.8) is 0 Å². The van der Waals surface area contributed by atoms with Crippen LogP contribution in [0.2, 0.25) is 0 Å². The highest BCUT2D eigenvalue weighted by molar-refractivity contribution is 9.10. The minimum absolute atomic E-state index is 0.0756. The number of nitrogens with zero attached hydrogens (tertiary/aromatic N) is 1. The van der Waals surface area contributed by atoms with Crippen molar-refractivity contribution in [1.29, 1.82) is 5.26 Å². The fraction of sp³-hybridized carbons (Fsp3) is 0.556. The molecule has 0 bridgehead atoms. The van der Waals surface area contributed by atoms with Crippen molar-refractivity contribution in [3.05, 3.63) is 22.2 Å². The quantitative estimate of drug-likeness (QED) is 0.796. The number of carbonyl (C=O) groups is 1. The van der Waals surface area contributed by atoms with Crippen molar-refractivity contribution < 1.29 is 14.3 Å². The number of hydrogen-bond acceptors (Lipinski definition) is 4. The summed E-state index contributed by atoms with van der Waals surface area (Å²) in [5.74, 6) is 1.28. The molecule has 24 heavy (non-hydrogen) atoms. The van der Waals surface area contributed by atoms with Crippen LogP contribution in [0.15, 0.2) is 16.6 Å². The van der Waals surface area contributed by atoms with Gasteiger partial charge in [-0.25, -0.2) is 0 Å². The molecule has 2 atom stereocenters. The standard InChI is InChI=1S/C18H23BrN2O3/c1-3-23-16-9-13(10-20)8-14(19)18(16)24-11-17(22)21-15-7-5-4-6-12(15)2/h8-9,12,15H,3-7,11H2,1-2H3,(H,21,22)/t12-,15-/m1/s1. The van der Waals surface area contributed by atoms with Crippen molar-refractivity contribution in [2.75, 3.05) is 13.2 Å². The van der Waals surface area contributed by atoms with Crippen molar-refractivity contribution in [1.82, 2.24) is 5.32 Å². The number of benzene rings is 1. The van der Waals surface area contributed by atoms with Crippen LogP contribution in [0, 0.1) is 17.2 Å². The van der Waals surface area contributed by atoms with Gasteiger partial charge < -0.3 is 14.8 Å². The first-order valence-electron chi connectivity index (χ1n) is 8.33. The molecule has 0 aromatic heterocycles. The lowest BCUT2D eigenvalue weighted by molar-refractivity contribution is -0.124. The van der Waals surface area contributed by atoms with Crippen molar-refractivity contribution in [3.8, 4) is 17.6 Å². The number of carbonyl (C=O) groups excluding carboxylic acids is 1. The second kappa shape index (κ2) is 8.93. The van der Waals surface area contributed by atoms with Crippen LogP contribution >= 0.6 is 15.9 Å². The maximum Gasteiger partial charge on any atom is 0.258 e. The fourth-order valence-corrected chi connectivity index (χ4v) is 3.51. The third-order valence-corrected chi connectivity index (χ3v) is 4.83. The lowest BCUT2D eigenvalue weighted by Crippen LogP contribution is -2.43. The molecule has 1 aromatic carbocycles. The average molecular weight is 395 g/mol. The van der Waals surface area contributed by atoms with Gasteiger partial charge in [-0.2, -0.15) is 5.26 Å². The first-order valence-corrected chi connectivity index (χ1v) is 9.13. The summed E-state index contributed by atoms with van der Waals surface area (Å²) in [5.41, 5.74) is 0.471. The Morgan fingerprint density at radius 2 is 2.12 bits per heavy atom. The molecule has 5 nitrogen and oxygen atoms in total. The maximum atomic E-state index is 12.2. The summed E-state index contributed by atoms with van der Waals surface area (Å²) < 4.78 is 11.8. The first-order chi connectivity index (χ1) is 11.5. The smallest absolute Gasteiger partial charge is 0.258 e. The highest BCUT2D eigenvalue weighted by Gasteiger charge is 2.23. The Morgan fingerprint density at radius 1 is 1.38 bits per heavy atom. The second-order valence-electron chi connectivity index (χ2n) is 6.05. The van der Waals surface area contributed by atoms with Crippen LogP contribution < -0.4 is 14.8 Å². The van der Waals surface area contributed by atoms with Crippen LogP contribution in [-0.4, -0.2) is 25.2 Å². The highest BCUT2D eigenvalue weighted by Crippen LogP contribution is 2.36. The minimum atomic E-state index is -0.132. The highest BCUT2D eigenvalue weighted by atomic mass is 79.9. The summed E-state index contributed by atoms with van der Waals surface area (Å²) in [6.45, 7) is 4.40. The van der Waals surface area contributed by atoms with Crippen LogP contribution in [0.3, 0.4) is 0 Å². The second-order valence-corrected chi connectivity index (χ2v) is 6.91. The molecule has 0 radical (unpaired) electrons. The largest absolute Gasteiger partial charge is 0.490 e. The molecule has 1 N–H and O–H groups in total. The number of halogens is 1. The van der Waals surface area contributed by atoms with Gasteiger partial charge in [-0.05, 0) is 47.7 Å². The third kappa shape index (κ3) is 4.88. The molecule has 0 unspecified atom stereocenters. The summed E-state index contributed by atoms with van der Waals surface area (Å²) in [5, 5.41) is 12.1. The predicted octanol–water partition coefficient (Wildman–Crippen LogP) is 3.79. The molecule has 1 aliphatic rings. The zero-order valence-electron chi connectivity index (χ0n) is 14.1. The molecular weight excluding hydrogens is 372 g/mol. The van der Waals surface area contributed by atoms with Gasteiger partial charge in [-0.3, -0.25) is 4.79 Å². The summed E-state index contributed by atoms with van der Waals surface area (Å²) in [7, 11) is 0. The third-order valence-electron chi connectivity index (χ3n) is 4.24. The summed E-state index contributed by atoms with van der Waals surface area (Å²) in [6, 6.07) is 5.57. The number of rotatable bonds is 6. The van der Waals surface area contributed by atoms with Gasteiger partial charge in [0.2, 0.25) is 0 Å². The van der Waals surface area contributed by atoms with Crippen LogP contribution in [0.1, 0.15) is 45.1 Å². The lowest BCUT2D eigenvalue weighted by Gasteiger charge is -2.29. The van der Waals surface area contributed by atoms with Crippen LogP contribution in [0.5, 0.6) is 11.5 Å². The Morgan fingerprint density at radius 3 is 2.79 bits per heavy atom. The van der Waals surface area contributed by atoms with Crippen molar-refractivity contribution in [2.24, 2.45) is 5.92 Å². The fourth-order valence-electron chi connectivity index (χ4n) is 2.95. The van der Waals surface area contributed by atoms with E-state index in [2.05, 4.69) is 34.2 Å². The molecule has 0 aliphatic heterocycles. The van der Waals surface area contributed by atoms with Gasteiger partial charge >= 0.3 is 0 Å². The molecule has 1 aromatic rings. The Bertz CT molecular complexity index is 627. The lowest BCUT2D eigenvalue weighted by atomic mass is 9.86. The van der Waals surface area contributed by atoms with Gasteiger partial charge in [0.25, 0.3) is 5.91 Å². The molecule has 0 spiro atoms. The summed E-state index contributed by atoms with van der Waals surface area (Å²) >= 11 is 3.38. The summed E-state index contributed by atoms with van der Waals surface area (Å²) in [4.78, 5) is 12.2. The van der Waals surface area contributed by atoms with E-state index in [1.807, 2.05) is 6.92 Å². The predicted molar refractivity (Wildman–Crippen MR) is 95.1 cm³/mol. The van der Waals surface area contributed by atoms with Crippen LogP contribution in [0.25, 0.3) is 0 Å². The molecule has 130 valence electrons. The van der Waals surface area contributed by atoms with Crippen molar-refractivity contribution >= 4 is 21.8 Å². The van der Waals surface area contributed by atoms with E-state index in [1.54, 1.807) is 12.1 Å². The van der Waals surface area contributed by atoms with Gasteiger partial charge in [0.1, 0.15) is 0 Å². The molecule has 0 saturated heterocycles.